The van der Waals surface area contributed by atoms with Gasteiger partial charge < -0.3 is 4.79 Å². The summed E-state index contributed by atoms with van der Waals surface area (Å²) in [6.07, 6.45) is 9.93. The second kappa shape index (κ2) is 8.67. The second-order valence-electron chi connectivity index (χ2n) is 2.53. The van der Waals surface area contributed by atoms with Crippen molar-refractivity contribution >= 4 is 6.29 Å². The minimum atomic E-state index is 0.725. The largest absolute Gasteiger partial charge is 0.303 e. The van der Waals surface area contributed by atoms with Crippen LogP contribution in [0.3, 0.4) is 0 Å². The van der Waals surface area contributed by atoms with Crippen molar-refractivity contribution in [3.05, 3.63) is 6.42 Å². The predicted molar refractivity (Wildman–Crippen MR) is 43.7 cm³/mol. The van der Waals surface area contributed by atoms with E-state index in [1.807, 2.05) is 0 Å². The maximum atomic E-state index is 9.88. The molecular weight excluding hydrogens is 124 g/mol. The van der Waals surface area contributed by atoms with E-state index in [9.17, 15) is 4.79 Å². The van der Waals surface area contributed by atoms with Crippen LogP contribution in [0, 0.1) is 6.42 Å². The van der Waals surface area contributed by atoms with Crippen LogP contribution in [0.15, 0.2) is 0 Å². The van der Waals surface area contributed by atoms with Crippen molar-refractivity contribution in [2.45, 2.75) is 45.4 Å². The summed E-state index contributed by atoms with van der Waals surface area (Å²) in [5.41, 5.74) is 0. The Morgan fingerprint density at radius 1 is 1.10 bits per heavy atom. The van der Waals surface area contributed by atoms with E-state index in [0.29, 0.717) is 0 Å². The minimum absolute atomic E-state index is 0.725. The zero-order valence-electron chi connectivity index (χ0n) is 6.81. The molecule has 0 aliphatic heterocycles. The van der Waals surface area contributed by atoms with Crippen LogP contribution in [0.1, 0.15) is 45.4 Å². The molecule has 1 radical (unpaired) electrons. The molecule has 0 amide bonds. The second-order valence-corrected chi connectivity index (χ2v) is 2.53. The maximum absolute atomic E-state index is 9.88. The summed E-state index contributed by atoms with van der Waals surface area (Å²) in [5, 5.41) is 0. The summed E-state index contributed by atoms with van der Waals surface area (Å²) < 4.78 is 0. The van der Waals surface area contributed by atoms with Gasteiger partial charge in [0.2, 0.25) is 0 Å². The molecule has 0 aliphatic carbocycles. The average Bonchev–Trinajstić information content (AvgIpc) is 1.97. The van der Waals surface area contributed by atoms with Crippen LogP contribution in [0.5, 0.6) is 0 Å². The Bertz CT molecular complexity index is 69.1. The van der Waals surface area contributed by atoms with Gasteiger partial charge in [-0.1, -0.05) is 26.2 Å². The van der Waals surface area contributed by atoms with Gasteiger partial charge in [0.25, 0.3) is 0 Å². The quantitative estimate of drug-likeness (QED) is 0.393. The summed E-state index contributed by atoms with van der Waals surface area (Å²) in [4.78, 5) is 9.88. The molecular formula is C9H17O. The van der Waals surface area contributed by atoms with Gasteiger partial charge in [-0.3, -0.25) is 0 Å². The van der Waals surface area contributed by atoms with Gasteiger partial charge in [-0.15, -0.1) is 0 Å². The molecule has 0 aromatic rings. The maximum Gasteiger partial charge on any atom is 0.119 e. The lowest BCUT2D eigenvalue weighted by Gasteiger charge is -1.95. The molecule has 0 aromatic carbocycles. The molecule has 1 nitrogen and oxygen atoms in total. The fourth-order valence-electron chi connectivity index (χ4n) is 0.838. The van der Waals surface area contributed by atoms with E-state index in [-0.39, 0.29) is 0 Å². The molecule has 0 unspecified atom stereocenters. The fourth-order valence-corrected chi connectivity index (χ4v) is 0.838. The molecule has 0 saturated carbocycles. The molecule has 10 heavy (non-hydrogen) atoms. The molecule has 0 spiro atoms. The molecule has 0 heterocycles. The standard InChI is InChI=1S/C9H17O/c1-2-3-4-5-6-7-8-9-10/h5,9H,2-4,6-8H2,1H3. The number of unbranched alkanes of at least 4 members (excludes halogenated alkanes) is 6. The number of aldehydes is 1. The first-order chi connectivity index (χ1) is 4.91. The zero-order valence-corrected chi connectivity index (χ0v) is 6.81. The van der Waals surface area contributed by atoms with Crippen LogP contribution < -0.4 is 0 Å². The molecule has 0 bridgehead atoms. The van der Waals surface area contributed by atoms with Gasteiger partial charge >= 0.3 is 0 Å². The third kappa shape index (κ3) is 7.67. The van der Waals surface area contributed by atoms with Gasteiger partial charge in [0, 0.05) is 6.42 Å². The third-order valence-electron chi connectivity index (χ3n) is 1.49. The van der Waals surface area contributed by atoms with E-state index >= 15 is 0 Å². The number of hydrogen-bond acceptors (Lipinski definition) is 1. The van der Waals surface area contributed by atoms with Crippen LogP contribution in [0.2, 0.25) is 0 Å². The van der Waals surface area contributed by atoms with Gasteiger partial charge in [-0.05, 0) is 19.3 Å². The van der Waals surface area contributed by atoms with Gasteiger partial charge in [-0.25, -0.2) is 0 Å². The van der Waals surface area contributed by atoms with Crippen molar-refractivity contribution < 1.29 is 4.79 Å². The highest BCUT2D eigenvalue weighted by molar-refractivity contribution is 5.48. The molecule has 0 N–H and O–H groups in total. The summed E-state index contributed by atoms with van der Waals surface area (Å²) in [6.45, 7) is 2.19. The normalized spacial score (nSPS) is 9.70. The molecule has 0 saturated heterocycles. The molecule has 1 heteroatoms. The van der Waals surface area contributed by atoms with Crippen molar-refractivity contribution in [3.8, 4) is 0 Å². The highest BCUT2D eigenvalue weighted by Crippen LogP contribution is 2.04. The number of hydrogen-bond donors (Lipinski definition) is 0. The predicted octanol–water partition coefficient (Wildman–Crippen LogP) is 2.75. The summed E-state index contributed by atoms with van der Waals surface area (Å²) in [5.74, 6) is 0. The molecule has 0 atom stereocenters. The molecule has 0 aliphatic rings. The van der Waals surface area contributed by atoms with Crippen LogP contribution in [-0.2, 0) is 4.79 Å². The smallest absolute Gasteiger partial charge is 0.119 e. The van der Waals surface area contributed by atoms with Gasteiger partial charge in [0.05, 0.1) is 0 Å². The van der Waals surface area contributed by atoms with Gasteiger partial charge in [0.15, 0.2) is 0 Å². The Kier molecular flexibility index (Phi) is 8.38. The van der Waals surface area contributed by atoms with E-state index in [1.54, 1.807) is 0 Å². The Hall–Kier alpha value is -0.330. The summed E-state index contributed by atoms with van der Waals surface area (Å²) >= 11 is 0. The monoisotopic (exact) mass is 141 g/mol. The van der Waals surface area contributed by atoms with E-state index in [0.717, 1.165) is 25.5 Å². The van der Waals surface area contributed by atoms with Crippen molar-refractivity contribution in [2.24, 2.45) is 0 Å². The van der Waals surface area contributed by atoms with Crippen LogP contribution >= 0.6 is 0 Å². The highest BCUT2D eigenvalue weighted by Gasteiger charge is 1.88. The minimum Gasteiger partial charge on any atom is -0.303 e. The van der Waals surface area contributed by atoms with Gasteiger partial charge in [-0.2, -0.15) is 0 Å². The van der Waals surface area contributed by atoms with Crippen molar-refractivity contribution in [2.75, 3.05) is 0 Å². The average molecular weight is 141 g/mol. The number of carbonyl (C=O) groups excluding carboxylic acids is 1. The summed E-state index contributed by atoms with van der Waals surface area (Å²) in [7, 11) is 0. The summed E-state index contributed by atoms with van der Waals surface area (Å²) in [6, 6.07) is 0. The van der Waals surface area contributed by atoms with E-state index in [1.165, 1.54) is 19.3 Å². The van der Waals surface area contributed by atoms with Gasteiger partial charge in [0.1, 0.15) is 6.29 Å². The van der Waals surface area contributed by atoms with E-state index < -0.39 is 0 Å². The Labute approximate surface area is 63.8 Å². The lowest BCUT2D eigenvalue weighted by atomic mass is 10.1. The van der Waals surface area contributed by atoms with Crippen molar-refractivity contribution in [1.82, 2.24) is 0 Å². The SMILES string of the molecule is CCCC[CH]CCCC=O. The number of carbonyl (C=O) groups is 1. The van der Waals surface area contributed by atoms with E-state index in [2.05, 4.69) is 13.3 Å². The van der Waals surface area contributed by atoms with Crippen LogP contribution in [0.4, 0.5) is 0 Å². The van der Waals surface area contributed by atoms with Crippen molar-refractivity contribution in [3.63, 3.8) is 0 Å². The van der Waals surface area contributed by atoms with Crippen LogP contribution in [0.25, 0.3) is 0 Å². The Balaban J connectivity index is 2.70. The molecule has 0 aromatic heterocycles. The first-order valence-corrected chi connectivity index (χ1v) is 4.17. The molecule has 59 valence electrons. The van der Waals surface area contributed by atoms with Crippen LogP contribution in [-0.4, -0.2) is 6.29 Å². The Morgan fingerprint density at radius 2 is 1.80 bits per heavy atom. The van der Waals surface area contributed by atoms with Crippen molar-refractivity contribution in [1.29, 1.82) is 0 Å². The third-order valence-corrected chi connectivity index (χ3v) is 1.49. The lowest BCUT2D eigenvalue weighted by Crippen LogP contribution is -1.80. The zero-order chi connectivity index (χ0) is 7.66. The molecule has 0 fully saturated rings. The topological polar surface area (TPSA) is 17.1 Å². The molecule has 0 rings (SSSR count). The number of rotatable bonds is 7. The van der Waals surface area contributed by atoms with E-state index in [4.69, 9.17) is 0 Å². The fraction of sp³-hybridized carbons (Fsp3) is 0.778. The highest BCUT2D eigenvalue weighted by atomic mass is 16.1. The Morgan fingerprint density at radius 3 is 2.40 bits per heavy atom. The lowest BCUT2D eigenvalue weighted by molar-refractivity contribution is -0.107. The first-order valence-electron chi connectivity index (χ1n) is 4.17. The first kappa shape index (κ1) is 9.67.